The fraction of sp³-hybridized carbons (Fsp3) is 0.296. The molecule has 34 heavy (non-hydrogen) atoms. The summed E-state index contributed by atoms with van der Waals surface area (Å²) in [7, 11) is 1.76. The van der Waals surface area contributed by atoms with E-state index in [1.54, 1.807) is 13.1 Å². The molecule has 0 bridgehead atoms. The van der Waals surface area contributed by atoms with Gasteiger partial charge in [-0.1, -0.05) is 30.3 Å². The van der Waals surface area contributed by atoms with E-state index >= 15 is 0 Å². The van der Waals surface area contributed by atoms with Gasteiger partial charge in [-0.15, -0.1) is 0 Å². The normalized spacial score (nSPS) is 25.5. The Labute approximate surface area is 197 Å². The third-order valence-corrected chi connectivity index (χ3v) is 7.16. The van der Waals surface area contributed by atoms with Gasteiger partial charge in [0.05, 0.1) is 5.56 Å². The number of hydroxylamine groups is 2. The Hall–Kier alpha value is -3.58. The number of nitrogen functional groups attached to an aromatic ring is 1. The first-order valence-electron chi connectivity index (χ1n) is 11.6. The van der Waals surface area contributed by atoms with Crippen LogP contribution in [0.25, 0.3) is 11.1 Å². The van der Waals surface area contributed by atoms with Crippen LogP contribution in [0.1, 0.15) is 36.0 Å². The van der Waals surface area contributed by atoms with E-state index in [9.17, 15) is 4.39 Å². The van der Waals surface area contributed by atoms with E-state index in [4.69, 9.17) is 26.0 Å². The number of nitrogens with two attached hydrogens (primary N) is 2. The summed E-state index contributed by atoms with van der Waals surface area (Å²) >= 11 is 0. The standard InChI is InChI=1S/C27H27FN4O2/c1-32-25(30)31-27(34-32)16-26(10-4-7-17-5-2-3-6-19(17)15-26)33-24-9-8-18(13-23(24)27)20-11-21(28)14-22(29)12-20/h2-3,5-6,8-9,11-14H,4,7,10,15-16,29H2,1H3,(H2,30,31). The van der Waals surface area contributed by atoms with Gasteiger partial charge in [-0.25, -0.2) is 19.3 Å². The lowest BCUT2D eigenvalue weighted by Crippen LogP contribution is -2.49. The van der Waals surface area contributed by atoms with E-state index in [0.29, 0.717) is 29.4 Å². The zero-order chi connectivity index (χ0) is 23.5. The number of fused-ring (bicyclic) bond motifs is 3. The van der Waals surface area contributed by atoms with Gasteiger partial charge in [0.1, 0.15) is 17.2 Å². The molecule has 0 saturated carbocycles. The minimum Gasteiger partial charge on any atom is -0.486 e. The monoisotopic (exact) mass is 458 g/mol. The topological polar surface area (TPSA) is 86.1 Å². The smallest absolute Gasteiger partial charge is 0.222 e. The number of rotatable bonds is 1. The minimum absolute atomic E-state index is 0.317. The predicted molar refractivity (Wildman–Crippen MR) is 129 cm³/mol. The molecule has 0 aromatic heterocycles. The molecule has 2 atom stereocenters. The number of aliphatic imine (C=N–C) groups is 1. The van der Waals surface area contributed by atoms with Crippen LogP contribution in [0.3, 0.4) is 0 Å². The van der Waals surface area contributed by atoms with E-state index in [2.05, 4.69) is 24.3 Å². The maximum Gasteiger partial charge on any atom is 0.222 e. The predicted octanol–water partition coefficient (Wildman–Crippen LogP) is 4.52. The van der Waals surface area contributed by atoms with Gasteiger partial charge in [-0.05, 0) is 71.8 Å². The SMILES string of the molecule is CN1OC2(CC3(CCCc4ccccc4C3)Oc3ccc(-c4cc(N)cc(F)c4)cc32)N=C1N. The van der Waals surface area contributed by atoms with Crippen LogP contribution in [-0.2, 0) is 23.4 Å². The van der Waals surface area contributed by atoms with Gasteiger partial charge in [0.15, 0.2) is 0 Å². The molecular weight excluding hydrogens is 431 g/mol. The van der Waals surface area contributed by atoms with Crippen LogP contribution in [0.15, 0.2) is 65.7 Å². The van der Waals surface area contributed by atoms with Crippen LogP contribution < -0.4 is 16.2 Å². The Kier molecular flexibility index (Phi) is 4.61. The Morgan fingerprint density at radius 1 is 1.00 bits per heavy atom. The highest BCUT2D eigenvalue weighted by molar-refractivity contribution is 5.79. The number of aryl methyl sites for hydroxylation is 1. The molecule has 6 nitrogen and oxygen atoms in total. The first-order chi connectivity index (χ1) is 16.3. The summed E-state index contributed by atoms with van der Waals surface area (Å²) in [5.74, 6) is 0.650. The van der Waals surface area contributed by atoms with Crippen LogP contribution in [0.5, 0.6) is 5.75 Å². The van der Waals surface area contributed by atoms with Crippen molar-refractivity contribution in [2.45, 2.75) is 43.4 Å². The Bertz CT molecular complexity index is 1310. The molecule has 4 N–H and O–H groups in total. The Morgan fingerprint density at radius 2 is 1.82 bits per heavy atom. The van der Waals surface area contributed by atoms with Crippen LogP contribution >= 0.6 is 0 Å². The quantitative estimate of drug-likeness (QED) is 0.524. The summed E-state index contributed by atoms with van der Waals surface area (Å²) in [4.78, 5) is 11.2. The van der Waals surface area contributed by atoms with Crippen LogP contribution in [0.4, 0.5) is 10.1 Å². The number of ether oxygens (including phenoxy) is 1. The van der Waals surface area contributed by atoms with Crippen LogP contribution in [0, 0.1) is 5.82 Å². The third-order valence-electron chi connectivity index (χ3n) is 7.16. The average molecular weight is 459 g/mol. The Balaban J connectivity index is 1.48. The fourth-order valence-corrected chi connectivity index (χ4v) is 5.66. The zero-order valence-corrected chi connectivity index (χ0v) is 19.1. The maximum atomic E-state index is 14.1. The second kappa shape index (κ2) is 7.46. The molecule has 3 aromatic carbocycles. The van der Waals surface area contributed by atoms with Crippen molar-refractivity contribution in [2.24, 2.45) is 10.7 Å². The number of anilines is 1. The molecule has 7 heteroatoms. The molecule has 174 valence electrons. The molecule has 2 aliphatic heterocycles. The number of nitrogens with zero attached hydrogens (tertiary/aromatic N) is 2. The molecule has 2 spiro atoms. The molecule has 2 heterocycles. The summed E-state index contributed by atoms with van der Waals surface area (Å²) in [6.45, 7) is 0. The molecule has 6 rings (SSSR count). The second-order valence-electron chi connectivity index (χ2n) is 9.59. The van der Waals surface area contributed by atoms with Crippen LogP contribution in [-0.4, -0.2) is 23.7 Å². The van der Waals surface area contributed by atoms with Crippen molar-refractivity contribution >= 4 is 11.6 Å². The van der Waals surface area contributed by atoms with Gasteiger partial charge in [0.25, 0.3) is 0 Å². The van der Waals surface area contributed by atoms with Crippen molar-refractivity contribution in [2.75, 3.05) is 12.8 Å². The summed E-state index contributed by atoms with van der Waals surface area (Å²) in [5.41, 5.74) is 15.9. The van der Waals surface area contributed by atoms with Crippen LogP contribution in [0.2, 0.25) is 0 Å². The maximum absolute atomic E-state index is 14.1. The van der Waals surface area contributed by atoms with Gasteiger partial charge < -0.3 is 16.2 Å². The lowest BCUT2D eigenvalue weighted by Gasteiger charge is -2.45. The lowest BCUT2D eigenvalue weighted by molar-refractivity contribution is -0.204. The molecular formula is C27H27FN4O2. The number of hydrogen-bond donors (Lipinski definition) is 2. The highest BCUT2D eigenvalue weighted by Crippen LogP contribution is 2.53. The van der Waals surface area contributed by atoms with E-state index < -0.39 is 11.3 Å². The molecule has 0 fully saturated rings. The largest absolute Gasteiger partial charge is 0.486 e. The van der Waals surface area contributed by atoms with Crippen molar-refractivity contribution in [1.29, 1.82) is 0 Å². The number of benzene rings is 3. The highest BCUT2D eigenvalue weighted by Gasteiger charge is 2.54. The summed E-state index contributed by atoms with van der Waals surface area (Å²) in [5, 5.41) is 1.51. The molecule has 3 aromatic rings. The average Bonchev–Trinajstić information content (AvgIpc) is 2.96. The number of halogens is 1. The number of guanidine groups is 1. The summed E-state index contributed by atoms with van der Waals surface area (Å²) in [6.07, 6.45) is 4.22. The summed E-state index contributed by atoms with van der Waals surface area (Å²) < 4.78 is 20.9. The van der Waals surface area contributed by atoms with Crippen molar-refractivity contribution in [1.82, 2.24) is 5.06 Å². The van der Waals surface area contributed by atoms with Gasteiger partial charge in [-0.2, -0.15) is 0 Å². The minimum atomic E-state index is -1.01. The first kappa shape index (κ1) is 21.0. The fourth-order valence-electron chi connectivity index (χ4n) is 5.66. The summed E-state index contributed by atoms with van der Waals surface area (Å²) in [6, 6.07) is 18.9. The second-order valence-corrected chi connectivity index (χ2v) is 9.59. The van der Waals surface area contributed by atoms with E-state index in [1.165, 1.54) is 28.3 Å². The van der Waals surface area contributed by atoms with E-state index in [0.717, 1.165) is 36.8 Å². The van der Waals surface area contributed by atoms with Gasteiger partial charge in [-0.3, -0.25) is 0 Å². The highest BCUT2D eigenvalue weighted by atomic mass is 19.1. The molecule has 1 aliphatic carbocycles. The number of hydrogen-bond acceptors (Lipinski definition) is 6. The van der Waals surface area contributed by atoms with Crippen molar-refractivity contribution in [3.05, 3.63) is 83.2 Å². The van der Waals surface area contributed by atoms with Crippen molar-refractivity contribution < 1.29 is 14.0 Å². The third kappa shape index (κ3) is 3.39. The van der Waals surface area contributed by atoms with Crippen molar-refractivity contribution in [3.8, 4) is 16.9 Å². The van der Waals surface area contributed by atoms with E-state index in [1.807, 2.05) is 18.2 Å². The molecule has 0 radical (unpaired) electrons. The van der Waals surface area contributed by atoms with Gasteiger partial charge >= 0.3 is 0 Å². The first-order valence-corrected chi connectivity index (χ1v) is 11.6. The van der Waals surface area contributed by atoms with Gasteiger partial charge in [0, 0.05) is 25.6 Å². The van der Waals surface area contributed by atoms with Gasteiger partial charge in [0.2, 0.25) is 11.7 Å². The lowest BCUT2D eigenvalue weighted by atomic mass is 9.78. The molecule has 0 saturated heterocycles. The molecule has 0 amide bonds. The zero-order valence-electron chi connectivity index (χ0n) is 19.1. The Morgan fingerprint density at radius 3 is 2.59 bits per heavy atom. The van der Waals surface area contributed by atoms with E-state index in [-0.39, 0.29) is 5.82 Å². The molecule has 3 aliphatic rings. The molecule has 2 unspecified atom stereocenters. The van der Waals surface area contributed by atoms with Crippen molar-refractivity contribution in [3.63, 3.8) is 0 Å².